The van der Waals surface area contributed by atoms with Crippen LogP contribution in [0.5, 0.6) is 0 Å². The minimum Gasteiger partial charge on any atom is -0.347 e. The van der Waals surface area contributed by atoms with Gasteiger partial charge in [0.15, 0.2) is 0 Å². The Morgan fingerprint density at radius 2 is 2.22 bits per heavy atom. The zero-order valence-corrected chi connectivity index (χ0v) is 14.3. The topological polar surface area (TPSA) is 67.8 Å². The molecular weight excluding hydrogens is 328 g/mol. The number of thiophene rings is 1. The highest BCUT2D eigenvalue weighted by Gasteiger charge is 2.16. The maximum atomic E-state index is 12.4. The van der Waals surface area contributed by atoms with Crippen molar-refractivity contribution < 1.29 is 4.79 Å². The van der Waals surface area contributed by atoms with Gasteiger partial charge in [-0.25, -0.2) is 0 Å². The van der Waals surface area contributed by atoms with Gasteiger partial charge >= 0.3 is 0 Å². The van der Waals surface area contributed by atoms with Crippen molar-refractivity contribution in [1.29, 1.82) is 0 Å². The highest BCUT2D eigenvalue weighted by Crippen LogP contribution is 2.25. The van der Waals surface area contributed by atoms with E-state index in [0.717, 1.165) is 46.2 Å². The van der Waals surface area contributed by atoms with Crippen molar-refractivity contribution >= 4 is 28.8 Å². The van der Waals surface area contributed by atoms with Crippen molar-refractivity contribution in [3.8, 4) is 10.6 Å². The van der Waals surface area contributed by atoms with Crippen molar-refractivity contribution in [2.75, 3.05) is 0 Å². The molecule has 1 N–H and O–H groups in total. The molecule has 0 spiro atoms. The van der Waals surface area contributed by atoms with Gasteiger partial charge in [-0.2, -0.15) is 0 Å². The fourth-order valence-electron chi connectivity index (χ4n) is 2.25. The van der Waals surface area contributed by atoms with Crippen LogP contribution in [0, 0.1) is 0 Å². The Labute approximate surface area is 142 Å². The van der Waals surface area contributed by atoms with Gasteiger partial charge in [0, 0.05) is 12.7 Å². The van der Waals surface area contributed by atoms with Gasteiger partial charge in [-0.05, 0) is 41.0 Å². The van der Waals surface area contributed by atoms with E-state index >= 15 is 0 Å². The Bertz CT molecular complexity index is 783. The zero-order chi connectivity index (χ0) is 16.1. The van der Waals surface area contributed by atoms with E-state index in [-0.39, 0.29) is 5.91 Å². The maximum Gasteiger partial charge on any atom is 0.265 e. The zero-order valence-electron chi connectivity index (χ0n) is 12.7. The van der Waals surface area contributed by atoms with Gasteiger partial charge in [0.05, 0.1) is 16.3 Å². The molecular formula is C16H16N4OS2. The van der Waals surface area contributed by atoms with E-state index in [9.17, 15) is 4.79 Å². The Morgan fingerprint density at radius 1 is 1.30 bits per heavy atom. The summed E-state index contributed by atoms with van der Waals surface area (Å²) >= 11 is 2.79. The van der Waals surface area contributed by atoms with E-state index in [2.05, 4.69) is 26.8 Å². The molecule has 0 aliphatic carbocycles. The van der Waals surface area contributed by atoms with E-state index in [4.69, 9.17) is 0 Å². The Balaban J connectivity index is 1.74. The number of hydrogen-bond acceptors (Lipinski definition) is 6. The lowest BCUT2D eigenvalue weighted by atomic mass is 10.1. The summed E-state index contributed by atoms with van der Waals surface area (Å²) < 4.78 is 3.90. The molecule has 0 saturated carbocycles. The number of aromatic nitrogens is 3. The van der Waals surface area contributed by atoms with Crippen LogP contribution in [0.3, 0.4) is 0 Å². The Hall–Kier alpha value is -2.12. The number of nitrogens with zero attached hydrogens (tertiary/aromatic N) is 3. The van der Waals surface area contributed by atoms with Crippen LogP contribution in [0.15, 0.2) is 35.8 Å². The normalized spacial score (nSPS) is 10.7. The average Bonchev–Trinajstić information content (AvgIpc) is 3.25. The molecule has 3 heterocycles. The van der Waals surface area contributed by atoms with Crippen LogP contribution in [0.2, 0.25) is 0 Å². The Morgan fingerprint density at radius 3 is 3.00 bits per heavy atom. The lowest BCUT2D eigenvalue weighted by Gasteiger charge is -2.08. The number of rotatable bonds is 6. The molecule has 3 aromatic heterocycles. The average molecular weight is 344 g/mol. The highest BCUT2D eigenvalue weighted by atomic mass is 32.1. The number of carbonyl (C=O) groups excluding carboxylic acids is 1. The standard InChI is InChI=1S/C16H16N4OS2/c1-2-5-12-15(23-20-19-12)16(21)18-10-11-6-3-8-17-14(11)13-7-4-9-22-13/h3-4,6-9H,2,5,10H2,1H3,(H,18,21). The maximum absolute atomic E-state index is 12.4. The molecule has 0 saturated heterocycles. The molecule has 23 heavy (non-hydrogen) atoms. The van der Waals surface area contributed by atoms with Crippen LogP contribution in [0.4, 0.5) is 0 Å². The first-order chi connectivity index (χ1) is 11.3. The lowest BCUT2D eigenvalue weighted by Crippen LogP contribution is -2.23. The lowest BCUT2D eigenvalue weighted by molar-refractivity contribution is 0.0954. The fraction of sp³-hybridized carbons (Fsp3) is 0.250. The third kappa shape index (κ3) is 3.62. The second-order valence-electron chi connectivity index (χ2n) is 4.97. The molecule has 118 valence electrons. The van der Waals surface area contributed by atoms with Gasteiger partial charge in [-0.1, -0.05) is 30.0 Å². The first-order valence-electron chi connectivity index (χ1n) is 7.36. The fourth-order valence-corrected chi connectivity index (χ4v) is 3.63. The summed E-state index contributed by atoms with van der Waals surface area (Å²) in [4.78, 5) is 18.5. The molecule has 7 heteroatoms. The number of aryl methyl sites for hydroxylation is 1. The summed E-state index contributed by atoms with van der Waals surface area (Å²) in [7, 11) is 0. The van der Waals surface area contributed by atoms with Crippen LogP contribution in [-0.2, 0) is 13.0 Å². The minimum atomic E-state index is -0.121. The quantitative estimate of drug-likeness (QED) is 0.742. The van der Waals surface area contributed by atoms with Crippen molar-refractivity contribution in [3.63, 3.8) is 0 Å². The minimum absolute atomic E-state index is 0.121. The van der Waals surface area contributed by atoms with Crippen LogP contribution in [-0.4, -0.2) is 20.5 Å². The van der Waals surface area contributed by atoms with Crippen molar-refractivity contribution in [1.82, 2.24) is 19.9 Å². The van der Waals surface area contributed by atoms with E-state index < -0.39 is 0 Å². The second-order valence-corrected chi connectivity index (χ2v) is 6.67. The number of amides is 1. The number of carbonyl (C=O) groups is 1. The van der Waals surface area contributed by atoms with Crippen LogP contribution >= 0.6 is 22.9 Å². The Kier molecular flexibility index (Phi) is 5.09. The summed E-state index contributed by atoms with van der Waals surface area (Å²) in [5.41, 5.74) is 2.69. The molecule has 3 rings (SSSR count). The molecule has 1 amide bonds. The number of pyridine rings is 1. The predicted octanol–water partition coefficient (Wildman–Crippen LogP) is 3.54. The molecule has 0 aliphatic rings. The molecule has 0 bridgehead atoms. The molecule has 0 aromatic carbocycles. The molecule has 5 nitrogen and oxygen atoms in total. The molecule has 0 aliphatic heterocycles. The number of nitrogens with one attached hydrogen (secondary N) is 1. The van der Waals surface area contributed by atoms with Crippen molar-refractivity contribution in [2.24, 2.45) is 0 Å². The largest absolute Gasteiger partial charge is 0.347 e. The van der Waals surface area contributed by atoms with Crippen molar-refractivity contribution in [2.45, 2.75) is 26.3 Å². The van der Waals surface area contributed by atoms with Gasteiger partial charge < -0.3 is 5.32 Å². The first-order valence-corrected chi connectivity index (χ1v) is 9.02. The third-order valence-corrected chi connectivity index (χ3v) is 4.98. The van der Waals surface area contributed by atoms with E-state index in [1.54, 1.807) is 17.5 Å². The van der Waals surface area contributed by atoms with Gasteiger partial charge in [0.25, 0.3) is 5.91 Å². The van der Waals surface area contributed by atoms with Gasteiger partial charge in [0.2, 0.25) is 0 Å². The molecule has 0 radical (unpaired) electrons. The van der Waals surface area contributed by atoms with E-state index in [0.29, 0.717) is 11.4 Å². The molecule has 3 aromatic rings. The van der Waals surface area contributed by atoms with Crippen molar-refractivity contribution in [3.05, 3.63) is 52.0 Å². The van der Waals surface area contributed by atoms with Crippen LogP contribution in [0.25, 0.3) is 10.6 Å². The monoisotopic (exact) mass is 344 g/mol. The second kappa shape index (κ2) is 7.43. The molecule has 0 atom stereocenters. The summed E-state index contributed by atoms with van der Waals surface area (Å²) in [6.45, 7) is 2.49. The predicted molar refractivity (Wildman–Crippen MR) is 92.6 cm³/mol. The number of hydrogen-bond donors (Lipinski definition) is 1. The smallest absolute Gasteiger partial charge is 0.265 e. The van der Waals surface area contributed by atoms with Crippen LogP contribution in [0.1, 0.15) is 34.3 Å². The first kappa shape index (κ1) is 15.8. The van der Waals surface area contributed by atoms with E-state index in [1.165, 1.54) is 0 Å². The highest BCUT2D eigenvalue weighted by molar-refractivity contribution is 7.13. The third-order valence-electron chi connectivity index (χ3n) is 3.33. The van der Waals surface area contributed by atoms with Gasteiger partial charge in [-0.15, -0.1) is 16.4 Å². The van der Waals surface area contributed by atoms with Gasteiger partial charge in [-0.3, -0.25) is 9.78 Å². The summed E-state index contributed by atoms with van der Waals surface area (Å²) in [6.07, 6.45) is 3.48. The SMILES string of the molecule is CCCc1nnsc1C(=O)NCc1cccnc1-c1cccs1. The summed E-state index contributed by atoms with van der Waals surface area (Å²) in [6, 6.07) is 7.90. The summed E-state index contributed by atoms with van der Waals surface area (Å²) in [5, 5.41) is 9.02. The van der Waals surface area contributed by atoms with E-state index in [1.807, 2.05) is 29.6 Å². The summed E-state index contributed by atoms with van der Waals surface area (Å²) in [5.74, 6) is -0.121. The molecule has 0 fully saturated rings. The van der Waals surface area contributed by atoms with Gasteiger partial charge in [0.1, 0.15) is 4.88 Å². The van der Waals surface area contributed by atoms with Crippen LogP contribution < -0.4 is 5.32 Å². The molecule has 0 unspecified atom stereocenters.